The maximum absolute atomic E-state index is 13.0. The average Bonchev–Trinajstić information content (AvgIpc) is 2.76. The maximum Gasteiger partial charge on any atom is 0.141 e. The Labute approximate surface area is 96.2 Å². The summed E-state index contributed by atoms with van der Waals surface area (Å²) in [6.45, 7) is 0. The molecule has 5 heteroatoms. The largest absolute Gasteiger partial charge is 0.495 e. The molecule has 0 spiro atoms. The molecule has 1 N–H and O–H groups in total. The molecule has 84 valence electrons. The van der Waals surface area contributed by atoms with E-state index in [4.69, 9.17) is 4.74 Å². The van der Waals surface area contributed by atoms with E-state index in [1.165, 1.54) is 30.7 Å². The highest BCUT2D eigenvalue weighted by atomic mass is 32.1. The van der Waals surface area contributed by atoms with Gasteiger partial charge in [0.1, 0.15) is 17.7 Å². The molecule has 0 aromatic carbocycles. The molecule has 0 aliphatic carbocycles. The predicted octanol–water partition coefficient (Wildman–Crippen LogP) is 2.37. The van der Waals surface area contributed by atoms with Gasteiger partial charge in [-0.1, -0.05) is 0 Å². The van der Waals surface area contributed by atoms with Crippen LogP contribution in [-0.2, 0) is 0 Å². The first-order valence-corrected chi connectivity index (χ1v) is 5.50. The molecule has 2 heterocycles. The van der Waals surface area contributed by atoms with Crippen molar-refractivity contribution >= 4 is 11.3 Å². The van der Waals surface area contributed by atoms with E-state index in [0.29, 0.717) is 16.2 Å². The van der Waals surface area contributed by atoms with Gasteiger partial charge in [0.2, 0.25) is 0 Å². The molecule has 0 aliphatic heterocycles. The minimum absolute atomic E-state index is 0.417. The third-order valence-electron chi connectivity index (χ3n) is 2.17. The summed E-state index contributed by atoms with van der Waals surface area (Å²) in [5, 5.41) is 11.9. The predicted molar refractivity (Wildman–Crippen MR) is 59.1 cm³/mol. The molecule has 0 radical (unpaired) electrons. The summed E-state index contributed by atoms with van der Waals surface area (Å²) in [6.07, 6.45) is 1.63. The zero-order chi connectivity index (χ0) is 11.5. The first kappa shape index (κ1) is 11.0. The number of aliphatic hydroxyl groups is 1. The lowest BCUT2D eigenvalue weighted by Crippen LogP contribution is -2.00. The van der Waals surface area contributed by atoms with Gasteiger partial charge < -0.3 is 9.84 Å². The Morgan fingerprint density at radius 3 is 3.00 bits per heavy atom. The van der Waals surface area contributed by atoms with Gasteiger partial charge in [-0.05, 0) is 17.5 Å². The number of halogens is 1. The Morgan fingerprint density at radius 1 is 1.50 bits per heavy atom. The highest BCUT2D eigenvalue weighted by Crippen LogP contribution is 2.34. The quantitative estimate of drug-likeness (QED) is 0.894. The van der Waals surface area contributed by atoms with Crippen LogP contribution in [0, 0.1) is 5.82 Å². The van der Waals surface area contributed by atoms with Gasteiger partial charge in [-0.25, -0.2) is 4.39 Å². The van der Waals surface area contributed by atoms with Crippen LogP contribution in [0.15, 0.2) is 29.9 Å². The molecule has 2 aromatic rings. The highest BCUT2D eigenvalue weighted by molar-refractivity contribution is 7.10. The van der Waals surface area contributed by atoms with Gasteiger partial charge in [-0.3, -0.25) is 4.98 Å². The van der Waals surface area contributed by atoms with Gasteiger partial charge in [0.25, 0.3) is 0 Å². The summed E-state index contributed by atoms with van der Waals surface area (Å²) >= 11 is 1.36. The number of nitrogens with zero attached hydrogens (tertiary/aromatic N) is 1. The molecular weight excluding hydrogens is 229 g/mol. The molecule has 2 aromatic heterocycles. The summed E-state index contributed by atoms with van der Waals surface area (Å²) in [4.78, 5) is 4.35. The SMILES string of the molecule is COc1ccsc1C(O)c1cncc(F)c1. The fraction of sp³-hybridized carbons (Fsp3) is 0.182. The molecule has 1 unspecified atom stereocenters. The number of pyridine rings is 1. The molecule has 0 bridgehead atoms. The van der Waals surface area contributed by atoms with E-state index in [-0.39, 0.29) is 0 Å². The number of ether oxygens (including phenoxy) is 1. The molecule has 2 rings (SSSR count). The first-order chi connectivity index (χ1) is 7.72. The van der Waals surface area contributed by atoms with Gasteiger partial charge in [0.05, 0.1) is 18.2 Å². The highest BCUT2D eigenvalue weighted by Gasteiger charge is 2.17. The average molecular weight is 239 g/mol. The van der Waals surface area contributed by atoms with Crippen molar-refractivity contribution in [3.8, 4) is 5.75 Å². The van der Waals surface area contributed by atoms with Crippen LogP contribution >= 0.6 is 11.3 Å². The summed E-state index contributed by atoms with van der Waals surface area (Å²) in [7, 11) is 1.53. The van der Waals surface area contributed by atoms with E-state index in [0.717, 1.165) is 6.20 Å². The zero-order valence-corrected chi connectivity index (χ0v) is 9.37. The summed E-state index contributed by atoms with van der Waals surface area (Å²) in [5.41, 5.74) is 0.417. The molecule has 3 nitrogen and oxygen atoms in total. The van der Waals surface area contributed by atoms with Crippen molar-refractivity contribution in [1.82, 2.24) is 4.98 Å². The normalized spacial score (nSPS) is 12.4. The van der Waals surface area contributed by atoms with E-state index in [1.54, 1.807) is 6.07 Å². The molecular formula is C11H10FNO2S. The summed E-state index contributed by atoms with van der Waals surface area (Å²) in [5.74, 6) is 0.133. The van der Waals surface area contributed by atoms with Crippen LogP contribution in [0.1, 0.15) is 16.5 Å². The van der Waals surface area contributed by atoms with Gasteiger partial charge in [0, 0.05) is 11.8 Å². The Bertz CT molecular complexity index is 486. The second kappa shape index (κ2) is 4.59. The van der Waals surface area contributed by atoms with Crippen LogP contribution < -0.4 is 4.74 Å². The van der Waals surface area contributed by atoms with Crippen molar-refractivity contribution in [2.75, 3.05) is 7.11 Å². The molecule has 0 aliphatic rings. The number of hydrogen-bond donors (Lipinski definition) is 1. The molecule has 0 saturated heterocycles. The van der Waals surface area contributed by atoms with Crippen LogP contribution in [0.5, 0.6) is 5.75 Å². The fourth-order valence-corrected chi connectivity index (χ4v) is 2.28. The molecule has 0 saturated carbocycles. The van der Waals surface area contributed by atoms with Crippen molar-refractivity contribution in [2.24, 2.45) is 0 Å². The lowest BCUT2D eigenvalue weighted by atomic mass is 10.1. The van der Waals surface area contributed by atoms with Gasteiger partial charge >= 0.3 is 0 Å². The summed E-state index contributed by atoms with van der Waals surface area (Å²) in [6, 6.07) is 3.02. The van der Waals surface area contributed by atoms with Crippen LogP contribution in [0.3, 0.4) is 0 Å². The van der Waals surface area contributed by atoms with Crippen LogP contribution in [0.2, 0.25) is 0 Å². The monoisotopic (exact) mass is 239 g/mol. The van der Waals surface area contributed by atoms with Crippen molar-refractivity contribution in [1.29, 1.82) is 0 Å². The molecule has 1 atom stereocenters. The van der Waals surface area contributed by atoms with E-state index in [2.05, 4.69) is 4.98 Å². The Hall–Kier alpha value is -1.46. The standard InChI is InChI=1S/C11H10FNO2S/c1-15-9-2-3-16-11(9)10(14)7-4-8(12)6-13-5-7/h2-6,10,14H,1H3. The minimum Gasteiger partial charge on any atom is -0.495 e. The van der Waals surface area contributed by atoms with E-state index in [9.17, 15) is 9.50 Å². The number of aliphatic hydroxyl groups excluding tert-OH is 1. The van der Waals surface area contributed by atoms with E-state index < -0.39 is 11.9 Å². The molecule has 0 amide bonds. The van der Waals surface area contributed by atoms with E-state index in [1.807, 2.05) is 5.38 Å². The van der Waals surface area contributed by atoms with Gasteiger partial charge in [-0.2, -0.15) is 0 Å². The Kier molecular flexibility index (Phi) is 3.17. The second-order valence-electron chi connectivity index (χ2n) is 3.19. The number of thiophene rings is 1. The lowest BCUT2D eigenvalue weighted by Gasteiger charge is -2.10. The lowest BCUT2D eigenvalue weighted by molar-refractivity contribution is 0.218. The first-order valence-electron chi connectivity index (χ1n) is 4.62. The number of methoxy groups -OCH3 is 1. The van der Waals surface area contributed by atoms with Crippen LogP contribution in [0.4, 0.5) is 4.39 Å². The third kappa shape index (κ3) is 2.05. The second-order valence-corrected chi connectivity index (χ2v) is 4.14. The molecule has 0 fully saturated rings. The van der Waals surface area contributed by atoms with Crippen LogP contribution in [-0.4, -0.2) is 17.2 Å². The van der Waals surface area contributed by atoms with Crippen molar-refractivity contribution in [3.05, 3.63) is 46.2 Å². The maximum atomic E-state index is 13.0. The number of rotatable bonds is 3. The zero-order valence-electron chi connectivity index (χ0n) is 8.55. The minimum atomic E-state index is -0.904. The Morgan fingerprint density at radius 2 is 2.31 bits per heavy atom. The van der Waals surface area contributed by atoms with Crippen molar-refractivity contribution in [3.63, 3.8) is 0 Å². The fourth-order valence-electron chi connectivity index (χ4n) is 1.41. The Balaban J connectivity index is 2.35. The number of aromatic nitrogens is 1. The smallest absolute Gasteiger partial charge is 0.141 e. The van der Waals surface area contributed by atoms with Crippen LogP contribution in [0.25, 0.3) is 0 Å². The topological polar surface area (TPSA) is 42.4 Å². The third-order valence-corrected chi connectivity index (χ3v) is 3.12. The van der Waals surface area contributed by atoms with Gasteiger partial charge in [0.15, 0.2) is 0 Å². The number of hydrogen-bond acceptors (Lipinski definition) is 4. The van der Waals surface area contributed by atoms with Crippen molar-refractivity contribution < 1.29 is 14.2 Å². The van der Waals surface area contributed by atoms with E-state index >= 15 is 0 Å². The van der Waals surface area contributed by atoms with Gasteiger partial charge in [-0.15, -0.1) is 11.3 Å². The summed E-state index contributed by atoms with van der Waals surface area (Å²) < 4.78 is 18.0. The van der Waals surface area contributed by atoms with Crippen molar-refractivity contribution in [2.45, 2.75) is 6.10 Å². The molecule has 16 heavy (non-hydrogen) atoms.